The zero-order chi connectivity index (χ0) is 17.1. The minimum absolute atomic E-state index is 0.106. The Morgan fingerprint density at radius 3 is 2.44 bits per heavy atom. The van der Waals surface area contributed by atoms with Crippen molar-refractivity contribution in [2.24, 2.45) is 5.92 Å². The molecular weight excluding hydrogens is 312 g/mol. The Morgan fingerprint density at radius 2 is 1.80 bits per heavy atom. The molecule has 0 unspecified atom stereocenters. The summed E-state index contributed by atoms with van der Waals surface area (Å²) in [6.07, 6.45) is 3.89. The fourth-order valence-corrected chi connectivity index (χ4v) is 3.23. The normalized spacial score (nSPS) is 18.2. The summed E-state index contributed by atoms with van der Waals surface area (Å²) in [5, 5.41) is 2.89. The third-order valence-corrected chi connectivity index (χ3v) is 4.93. The molecule has 0 radical (unpaired) electrons. The van der Waals surface area contributed by atoms with Gasteiger partial charge in [-0.15, -0.1) is 0 Å². The molecule has 0 spiro atoms. The molecule has 1 saturated heterocycles. The predicted octanol–water partition coefficient (Wildman–Crippen LogP) is 2.75. The lowest BCUT2D eigenvalue weighted by Gasteiger charge is -2.36. The summed E-state index contributed by atoms with van der Waals surface area (Å²) >= 11 is 0. The van der Waals surface area contributed by atoms with Gasteiger partial charge in [0.15, 0.2) is 0 Å². The van der Waals surface area contributed by atoms with E-state index in [9.17, 15) is 4.79 Å². The molecule has 2 heterocycles. The van der Waals surface area contributed by atoms with Crippen LogP contribution < -0.4 is 10.2 Å². The Labute approximate surface area is 148 Å². The van der Waals surface area contributed by atoms with E-state index in [1.807, 2.05) is 12.3 Å². The summed E-state index contributed by atoms with van der Waals surface area (Å²) in [6, 6.07) is 14.6. The van der Waals surface area contributed by atoms with Crippen LogP contribution in [0.15, 0.2) is 48.7 Å². The molecule has 0 bridgehead atoms. The molecule has 1 N–H and O–H groups in total. The molecule has 2 fully saturated rings. The van der Waals surface area contributed by atoms with Crippen LogP contribution in [0, 0.1) is 5.92 Å². The average molecular weight is 336 g/mol. The summed E-state index contributed by atoms with van der Waals surface area (Å²) in [5.41, 5.74) is 2.50. The van der Waals surface area contributed by atoms with Crippen molar-refractivity contribution in [2.75, 3.05) is 36.4 Å². The Hall–Kier alpha value is -2.40. The van der Waals surface area contributed by atoms with Gasteiger partial charge in [-0.3, -0.25) is 9.69 Å². The van der Waals surface area contributed by atoms with Gasteiger partial charge in [0.1, 0.15) is 5.82 Å². The van der Waals surface area contributed by atoms with Crippen molar-refractivity contribution in [3.05, 3.63) is 54.2 Å². The summed E-state index contributed by atoms with van der Waals surface area (Å²) < 4.78 is 0. The van der Waals surface area contributed by atoms with Crippen molar-refractivity contribution in [3.63, 3.8) is 0 Å². The number of nitrogens with zero attached hydrogens (tertiary/aromatic N) is 3. The number of anilines is 2. The maximum absolute atomic E-state index is 11.8. The maximum atomic E-state index is 11.8. The molecular formula is C20H24N4O. The number of rotatable bonds is 5. The van der Waals surface area contributed by atoms with Crippen molar-refractivity contribution in [2.45, 2.75) is 19.4 Å². The quantitative estimate of drug-likeness (QED) is 0.912. The van der Waals surface area contributed by atoms with Crippen molar-refractivity contribution in [3.8, 4) is 0 Å². The van der Waals surface area contributed by atoms with Gasteiger partial charge in [-0.25, -0.2) is 4.98 Å². The Kier molecular flexibility index (Phi) is 4.65. The van der Waals surface area contributed by atoms with E-state index < -0.39 is 0 Å². The van der Waals surface area contributed by atoms with Crippen LogP contribution in [0.1, 0.15) is 18.4 Å². The van der Waals surface area contributed by atoms with Crippen LogP contribution in [0.5, 0.6) is 0 Å². The molecule has 1 aliphatic carbocycles. The number of aromatic nitrogens is 1. The first-order chi connectivity index (χ1) is 12.3. The highest BCUT2D eigenvalue weighted by Crippen LogP contribution is 2.30. The highest BCUT2D eigenvalue weighted by atomic mass is 16.2. The van der Waals surface area contributed by atoms with Crippen molar-refractivity contribution >= 4 is 17.4 Å². The number of nitrogens with one attached hydrogen (secondary N) is 1. The molecule has 1 saturated carbocycles. The molecule has 0 atom stereocenters. The fourth-order valence-electron chi connectivity index (χ4n) is 3.23. The molecule has 25 heavy (non-hydrogen) atoms. The second kappa shape index (κ2) is 7.23. The van der Waals surface area contributed by atoms with Gasteiger partial charge in [-0.1, -0.05) is 30.3 Å². The molecule has 4 rings (SSSR count). The lowest BCUT2D eigenvalue weighted by atomic mass is 10.2. The van der Waals surface area contributed by atoms with Gasteiger partial charge in [0.05, 0.1) is 11.9 Å². The molecule has 1 aromatic carbocycles. The Balaban J connectivity index is 1.29. The van der Waals surface area contributed by atoms with Crippen molar-refractivity contribution in [1.29, 1.82) is 0 Å². The number of amides is 1. The van der Waals surface area contributed by atoms with E-state index in [2.05, 4.69) is 56.5 Å². The number of piperazine rings is 1. The minimum atomic E-state index is 0.106. The van der Waals surface area contributed by atoms with Crippen LogP contribution >= 0.6 is 0 Å². The lowest BCUT2D eigenvalue weighted by molar-refractivity contribution is -0.117. The molecule has 1 aromatic heterocycles. The maximum Gasteiger partial charge on any atom is 0.228 e. The number of pyridine rings is 1. The van der Waals surface area contributed by atoms with Crippen LogP contribution in [0.4, 0.5) is 11.5 Å². The van der Waals surface area contributed by atoms with Crippen LogP contribution in [0.2, 0.25) is 0 Å². The SMILES string of the molecule is O=C(Nc1ccc(N2CCN(Cc3ccccc3)CC2)cn1)C1CC1. The topological polar surface area (TPSA) is 48.5 Å². The van der Waals surface area contributed by atoms with E-state index in [1.54, 1.807) is 0 Å². The van der Waals surface area contributed by atoms with E-state index in [4.69, 9.17) is 0 Å². The molecule has 1 aliphatic heterocycles. The van der Waals surface area contributed by atoms with Gasteiger partial charge >= 0.3 is 0 Å². The van der Waals surface area contributed by atoms with Crippen molar-refractivity contribution in [1.82, 2.24) is 9.88 Å². The predicted molar refractivity (Wildman–Crippen MR) is 99.5 cm³/mol. The fraction of sp³-hybridized carbons (Fsp3) is 0.400. The van der Waals surface area contributed by atoms with Crippen LogP contribution in [0.25, 0.3) is 0 Å². The van der Waals surface area contributed by atoms with E-state index in [-0.39, 0.29) is 11.8 Å². The third kappa shape index (κ3) is 4.17. The largest absolute Gasteiger partial charge is 0.368 e. The second-order valence-corrected chi connectivity index (χ2v) is 6.91. The zero-order valence-corrected chi connectivity index (χ0v) is 14.4. The van der Waals surface area contributed by atoms with Gasteiger partial charge in [-0.05, 0) is 30.5 Å². The van der Waals surface area contributed by atoms with E-state index in [0.29, 0.717) is 5.82 Å². The third-order valence-electron chi connectivity index (χ3n) is 4.93. The monoisotopic (exact) mass is 336 g/mol. The molecule has 2 aromatic rings. The Bertz CT molecular complexity index is 704. The van der Waals surface area contributed by atoms with Gasteiger partial charge in [0, 0.05) is 38.6 Å². The van der Waals surface area contributed by atoms with Crippen molar-refractivity contribution < 1.29 is 4.79 Å². The van der Waals surface area contributed by atoms with E-state index in [1.165, 1.54) is 5.56 Å². The number of carbonyl (C=O) groups excluding carboxylic acids is 1. The molecule has 2 aliphatic rings. The van der Waals surface area contributed by atoms with Gasteiger partial charge in [-0.2, -0.15) is 0 Å². The summed E-state index contributed by atoms with van der Waals surface area (Å²) in [7, 11) is 0. The summed E-state index contributed by atoms with van der Waals surface area (Å²) in [4.78, 5) is 21.0. The van der Waals surface area contributed by atoms with Gasteiger partial charge in [0.2, 0.25) is 5.91 Å². The van der Waals surface area contributed by atoms with E-state index >= 15 is 0 Å². The summed E-state index contributed by atoms with van der Waals surface area (Å²) in [5.74, 6) is 0.970. The molecule has 5 nitrogen and oxygen atoms in total. The van der Waals surface area contributed by atoms with Gasteiger partial charge < -0.3 is 10.2 Å². The number of hydrogen-bond donors (Lipinski definition) is 1. The lowest BCUT2D eigenvalue weighted by Crippen LogP contribution is -2.46. The number of hydrogen-bond acceptors (Lipinski definition) is 4. The molecule has 130 valence electrons. The smallest absolute Gasteiger partial charge is 0.228 e. The van der Waals surface area contributed by atoms with Crippen LogP contribution in [-0.4, -0.2) is 42.0 Å². The summed E-state index contributed by atoms with van der Waals surface area (Å²) in [6.45, 7) is 5.12. The highest BCUT2D eigenvalue weighted by molar-refractivity contribution is 5.93. The zero-order valence-electron chi connectivity index (χ0n) is 14.4. The number of carbonyl (C=O) groups is 1. The average Bonchev–Trinajstić information content (AvgIpc) is 3.49. The standard InChI is InChI=1S/C20H24N4O/c25-20(17-6-7-17)22-19-9-8-18(14-21-19)24-12-10-23(11-13-24)15-16-4-2-1-3-5-16/h1-5,8-9,14,17H,6-7,10-13,15H2,(H,21,22,25). The van der Waals surface area contributed by atoms with Crippen LogP contribution in [-0.2, 0) is 11.3 Å². The first-order valence-electron chi connectivity index (χ1n) is 9.06. The minimum Gasteiger partial charge on any atom is -0.368 e. The number of benzene rings is 1. The second-order valence-electron chi connectivity index (χ2n) is 6.91. The first kappa shape index (κ1) is 16.1. The van der Waals surface area contributed by atoms with Gasteiger partial charge in [0.25, 0.3) is 0 Å². The molecule has 5 heteroatoms. The molecule has 1 amide bonds. The first-order valence-corrected chi connectivity index (χ1v) is 9.06. The highest BCUT2D eigenvalue weighted by Gasteiger charge is 2.29. The van der Waals surface area contributed by atoms with Crippen LogP contribution in [0.3, 0.4) is 0 Å². The Morgan fingerprint density at radius 1 is 1.04 bits per heavy atom. The van der Waals surface area contributed by atoms with E-state index in [0.717, 1.165) is 51.3 Å².